The van der Waals surface area contributed by atoms with E-state index in [1.54, 1.807) is 12.1 Å². The van der Waals surface area contributed by atoms with Gasteiger partial charge in [0.05, 0.1) is 12.7 Å². The van der Waals surface area contributed by atoms with Crippen molar-refractivity contribution in [3.63, 3.8) is 0 Å². The SMILES string of the molecule is COc1ccc([C@@H](C2CCOCC2)N2CCNCC2)c(C(F)(F)F)c1. The van der Waals surface area contributed by atoms with Crippen molar-refractivity contribution in [3.8, 4) is 5.75 Å². The molecule has 2 saturated heterocycles. The van der Waals surface area contributed by atoms with Crippen molar-refractivity contribution in [3.05, 3.63) is 29.3 Å². The molecule has 0 bridgehead atoms. The molecule has 1 aromatic rings. The van der Waals surface area contributed by atoms with Gasteiger partial charge in [0, 0.05) is 45.4 Å². The van der Waals surface area contributed by atoms with Crippen molar-refractivity contribution in [2.45, 2.75) is 25.1 Å². The van der Waals surface area contributed by atoms with E-state index < -0.39 is 11.7 Å². The molecule has 2 aliphatic heterocycles. The van der Waals surface area contributed by atoms with Crippen LogP contribution in [0, 0.1) is 5.92 Å². The molecule has 140 valence electrons. The molecular formula is C18H25F3N2O2. The molecule has 3 rings (SSSR count). The summed E-state index contributed by atoms with van der Waals surface area (Å²) in [5.74, 6) is 0.406. The zero-order valence-corrected chi connectivity index (χ0v) is 14.4. The van der Waals surface area contributed by atoms with Crippen molar-refractivity contribution in [2.75, 3.05) is 46.5 Å². The van der Waals surface area contributed by atoms with Crippen LogP contribution in [-0.4, -0.2) is 51.4 Å². The van der Waals surface area contributed by atoms with Crippen LogP contribution < -0.4 is 10.1 Å². The molecule has 1 N–H and O–H groups in total. The number of piperazine rings is 1. The van der Waals surface area contributed by atoms with E-state index in [0.29, 0.717) is 18.8 Å². The van der Waals surface area contributed by atoms with Gasteiger partial charge in [-0.3, -0.25) is 4.90 Å². The van der Waals surface area contributed by atoms with E-state index >= 15 is 0 Å². The van der Waals surface area contributed by atoms with E-state index in [1.165, 1.54) is 7.11 Å². The highest BCUT2D eigenvalue weighted by molar-refractivity contribution is 5.40. The molecule has 25 heavy (non-hydrogen) atoms. The van der Waals surface area contributed by atoms with Gasteiger partial charge >= 0.3 is 6.18 Å². The van der Waals surface area contributed by atoms with E-state index in [-0.39, 0.29) is 17.7 Å². The first kappa shape index (κ1) is 18.5. The molecule has 7 heteroatoms. The van der Waals surface area contributed by atoms with Crippen LogP contribution in [0.2, 0.25) is 0 Å². The number of benzene rings is 1. The van der Waals surface area contributed by atoms with E-state index in [0.717, 1.165) is 45.1 Å². The first-order chi connectivity index (χ1) is 12.0. The van der Waals surface area contributed by atoms with Crippen LogP contribution in [0.3, 0.4) is 0 Å². The molecule has 1 aromatic carbocycles. The number of hydrogen-bond acceptors (Lipinski definition) is 4. The van der Waals surface area contributed by atoms with Crippen molar-refractivity contribution in [1.82, 2.24) is 10.2 Å². The second-order valence-electron chi connectivity index (χ2n) is 6.63. The Labute approximate surface area is 146 Å². The number of ether oxygens (including phenoxy) is 2. The lowest BCUT2D eigenvalue weighted by Gasteiger charge is -2.42. The van der Waals surface area contributed by atoms with Gasteiger partial charge in [-0.2, -0.15) is 13.2 Å². The second-order valence-corrected chi connectivity index (χ2v) is 6.63. The van der Waals surface area contributed by atoms with Gasteiger partial charge < -0.3 is 14.8 Å². The van der Waals surface area contributed by atoms with Gasteiger partial charge in [-0.05, 0) is 36.5 Å². The molecule has 1 atom stereocenters. The summed E-state index contributed by atoms with van der Waals surface area (Å²) >= 11 is 0. The lowest BCUT2D eigenvalue weighted by Crippen LogP contribution is -2.48. The third-order valence-corrected chi connectivity index (χ3v) is 5.14. The predicted octanol–water partition coefficient (Wildman–Crippen LogP) is 3.09. The van der Waals surface area contributed by atoms with Gasteiger partial charge in [0.2, 0.25) is 0 Å². The Balaban J connectivity index is 2.02. The summed E-state index contributed by atoms with van der Waals surface area (Å²) in [6.07, 6.45) is -2.82. The van der Waals surface area contributed by atoms with Gasteiger partial charge in [-0.1, -0.05) is 6.07 Å². The third-order valence-electron chi connectivity index (χ3n) is 5.14. The van der Waals surface area contributed by atoms with Crippen molar-refractivity contribution >= 4 is 0 Å². The highest BCUT2D eigenvalue weighted by atomic mass is 19.4. The Morgan fingerprint density at radius 3 is 2.48 bits per heavy atom. The fourth-order valence-electron chi connectivity index (χ4n) is 3.91. The second kappa shape index (κ2) is 7.93. The largest absolute Gasteiger partial charge is 0.497 e. The van der Waals surface area contributed by atoms with Crippen LogP contribution in [0.5, 0.6) is 5.75 Å². The molecule has 0 saturated carbocycles. The van der Waals surface area contributed by atoms with E-state index in [1.807, 2.05) is 0 Å². The molecule has 2 heterocycles. The van der Waals surface area contributed by atoms with Crippen molar-refractivity contribution in [2.24, 2.45) is 5.92 Å². The molecule has 0 aliphatic carbocycles. The van der Waals surface area contributed by atoms with Crippen LogP contribution in [0.4, 0.5) is 13.2 Å². The quantitative estimate of drug-likeness (QED) is 0.897. The molecule has 0 aromatic heterocycles. The van der Waals surface area contributed by atoms with Crippen molar-refractivity contribution < 1.29 is 22.6 Å². The summed E-state index contributed by atoms with van der Waals surface area (Å²) in [7, 11) is 1.39. The van der Waals surface area contributed by atoms with Crippen LogP contribution in [-0.2, 0) is 10.9 Å². The Morgan fingerprint density at radius 1 is 1.20 bits per heavy atom. The minimum absolute atomic E-state index is 0.168. The predicted molar refractivity (Wildman–Crippen MR) is 88.7 cm³/mol. The first-order valence-corrected chi connectivity index (χ1v) is 8.78. The van der Waals surface area contributed by atoms with E-state index in [2.05, 4.69) is 10.2 Å². The first-order valence-electron chi connectivity index (χ1n) is 8.78. The highest BCUT2D eigenvalue weighted by Gasteiger charge is 2.40. The topological polar surface area (TPSA) is 33.7 Å². The fraction of sp³-hybridized carbons (Fsp3) is 0.667. The lowest BCUT2D eigenvalue weighted by molar-refractivity contribution is -0.139. The maximum Gasteiger partial charge on any atom is 0.416 e. The molecule has 0 spiro atoms. The standard InChI is InChI=1S/C18H25F3N2O2/c1-24-14-2-3-15(16(12-14)18(19,20)21)17(13-4-10-25-11-5-13)23-8-6-22-7-9-23/h2-3,12-13,17,22H,4-11H2,1H3/t17-/m1/s1. The summed E-state index contributed by atoms with van der Waals surface area (Å²) < 4.78 is 51.7. The fourth-order valence-corrected chi connectivity index (χ4v) is 3.91. The molecular weight excluding hydrogens is 333 g/mol. The Bertz CT molecular complexity index is 550. The average molecular weight is 358 g/mol. The highest BCUT2D eigenvalue weighted by Crippen LogP contribution is 2.43. The number of rotatable bonds is 4. The Kier molecular flexibility index (Phi) is 5.86. The Hall–Kier alpha value is -1.31. The maximum absolute atomic E-state index is 13.7. The van der Waals surface area contributed by atoms with Crippen LogP contribution in [0.1, 0.15) is 30.0 Å². The van der Waals surface area contributed by atoms with E-state index in [9.17, 15) is 13.2 Å². The summed E-state index contributed by atoms with van der Waals surface area (Å²) in [5, 5.41) is 3.28. The smallest absolute Gasteiger partial charge is 0.416 e. The lowest BCUT2D eigenvalue weighted by atomic mass is 9.83. The zero-order chi connectivity index (χ0) is 17.9. The molecule has 2 fully saturated rings. The number of alkyl halides is 3. The number of nitrogens with zero attached hydrogens (tertiary/aromatic N) is 1. The summed E-state index contributed by atoms with van der Waals surface area (Å²) in [4.78, 5) is 2.20. The minimum atomic E-state index is -4.40. The Morgan fingerprint density at radius 2 is 1.88 bits per heavy atom. The third kappa shape index (κ3) is 4.27. The molecule has 2 aliphatic rings. The number of methoxy groups -OCH3 is 1. The molecule has 0 amide bonds. The maximum atomic E-state index is 13.7. The normalized spacial score (nSPS) is 21.9. The average Bonchev–Trinajstić information content (AvgIpc) is 2.63. The monoisotopic (exact) mass is 358 g/mol. The minimum Gasteiger partial charge on any atom is -0.497 e. The van der Waals surface area contributed by atoms with Gasteiger partial charge in [0.1, 0.15) is 5.75 Å². The number of halogens is 3. The summed E-state index contributed by atoms with van der Waals surface area (Å²) in [6.45, 7) is 4.35. The van der Waals surface area contributed by atoms with Gasteiger partial charge in [0.25, 0.3) is 0 Å². The van der Waals surface area contributed by atoms with Crippen LogP contribution in [0.15, 0.2) is 18.2 Å². The van der Waals surface area contributed by atoms with Gasteiger partial charge in [0.15, 0.2) is 0 Å². The van der Waals surface area contributed by atoms with E-state index in [4.69, 9.17) is 9.47 Å². The van der Waals surface area contributed by atoms with Crippen LogP contribution >= 0.6 is 0 Å². The number of nitrogens with one attached hydrogen (secondary N) is 1. The van der Waals surface area contributed by atoms with Gasteiger partial charge in [-0.25, -0.2) is 0 Å². The zero-order valence-electron chi connectivity index (χ0n) is 14.4. The summed E-state index contributed by atoms with van der Waals surface area (Å²) in [6, 6.07) is 4.13. The summed E-state index contributed by atoms with van der Waals surface area (Å²) in [5.41, 5.74) is -0.219. The van der Waals surface area contributed by atoms with Crippen LogP contribution in [0.25, 0.3) is 0 Å². The number of hydrogen-bond donors (Lipinski definition) is 1. The molecule has 0 unspecified atom stereocenters. The molecule has 0 radical (unpaired) electrons. The van der Waals surface area contributed by atoms with Crippen molar-refractivity contribution in [1.29, 1.82) is 0 Å². The van der Waals surface area contributed by atoms with Gasteiger partial charge in [-0.15, -0.1) is 0 Å². The molecule has 4 nitrogen and oxygen atoms in total.